The molecule has 1 aromatic carbocycles. The molecule has 0 saturated carbocycles. The molecule has 0 atom stereocenters. The van der Waals surface area contributed by atoms with Crippen molar-refractivity contribution in [1.82, 2.24) is 10.4 Å². The molecule has 7 heteroatoms. The molecule has 1 aromatic heterocycles. The molecular formula is C16H19N3O3S. The van der Waals surface area contributed by atoms with Gasteiger partial charge in [-0.2, -0.15) is 5.10 Å². The fourth-order valence-electron chi connectivity index (χ4n) is 1.81. The number of hydrogen-bond acceptors (Lipinski definition) is 6. The summed E-state index contributed by atoms with van der Waals surface area (Å²) in [4.78, 5) is 15.9. The summed E-state index contributed by atoms with van der Waals surface area (Å²) in [7, 11) is 0. The van der Waals surface area contributed by atoms with E-state index in [4.69, 9.17) is 4.74 Å². The van der Waals surface area contributed by atoms with E-state index in [-0.39, 0.29) is 18.1 Å². The van der Waals surface area contributed by atoms with Crippen LogP contribution in [0.2, 0.25) is 0 Å². The van der Waals surface area contributed by atoms with Crippen molar-refractivity contribution >= 4 is 23.5 Å². The highest BCUT2D eigenvalue weighted by Crippen LogP contribution is 2.22. The van der Waals surface area contributed by atoms with Gasteiger partial charge in [-0.3, -0.25) is 4.79 Å². The Bertz CT molecular complexity index is 698. The first kappa shape index (κ1) is 17.0. The summed E-state index contributed by atoms with van der Waals surface area (Å²) in [6, 6.07) is 4.95. The van der Waals surface area contributed by atoms with Crippen LogP contribution in [0.5, 0.6) is 11.5 Å². The average Bonchev–Trinajstić information content (AvgIpc) is 2.92. The average molecular weight is 333 g/mol. The Balaban J connectivity index is 1.88. The van der Waals surface area contributed by atoms with E-state index in [0.717, 1.165) is 17.1 Å². The van der Waals surface area contributed by atoms with Gasteiger partial charge in [-0.1, -0.05) is 6.92 Å². The van der Waals surface area contributed by atoms with E-state index >= 15 is 0 Å². The van der Waals surface area contributed by atoms with Crippen molar-refractivity contribution in [3.8, 4) is 11.5 Å². The first-order chi connectivity index (χ1) is 11.1. The smallest absolute Gasteiger partial charge is 0.246 e. The van der Waals surface area contributed by atoms with Gasteiger partial charge in [0.15, 0.2) is 0 Å². The zero-order valence-corrected chi connectivity index (χ0v) is 13.9. The molecule has 23 heavy (non-hydrogen) atoms. The van der Waals surface area contributed by atoms with E-state index in [1.807, 2.05) is 19.2 Å². The number of phenolic OH excluding ortho intramolecular Hbond substituents is 1. The summed E-state index contributed by atoms with van der Waals surface area (Å²) in [5, 5.41) is 16.5. The van der Waals surface area contributed by atoms with Crippen LogP contribution < -0.4 is 10.2 Å². The molecule has 0 fully saturated rings. The molecule has 0 radical (unpaired) electrons. The molecule has 0 aliphatic heterocycles. The first-order valence-electron chi connectivity index (χ1n) is 7.27. The number of benzene rings is 1. The van der Waals surface area contributed by atoms with Crippen LogP contribution >= 0.6 is 11.3 Å². The van der Waals surface area contributed by atoms with Gasteiger partial charge in [-0.15, -0.1) is 11.3 Å². The quantitative estimate of drug-likeness (QED) is 0.603. The number of phenols is 1. The van der Waals surface area contributed by atoms with Crippen LogP contribution in [-0.2, 0) is 11.2 Å². The van der Waals surface area contributed by atoms with Crippen LogP contribution in [0.4, 0.5) is 0 Å². The highest BCUT2D eigenvalue weighted by Gasteiger charge is 2.05. The Kier molecular flexibility index (Phi) is 6.10. The van der Waals surface area contributed by atoms with Crippen molar-refractivity contribution < 1.29 is 14.6 Å². The van der Waals surface area contributed by atoms with Gasteiger partial charge < -0.3 is 9.84 Å². The van der Waals surface area contributed by atoms with Gasteiger partial charge in [-0.25, -0.2) is 10.4 Å². The Labute approximate surface area is 138 Å². The number of amides is 1. The third-order valence-corrected chi connectivity index (χ3v) is 3.70. The fourth-order valence-corrected chi connectivity index (χ4v) is 2.42. The number of carbonyl (C=O) groups excluding carboxylic acids is 1. The van der Waals surface area contributed by atoms with Crippen LogP contribution in [0.3, 0.4) is 0 Å². The lowest BCUT2D eigenvalue weighted by Gasteiger charge is -2.06. The lowest BCUT2D eigenvalue weighted by molar-refractivity contribution is -0.120. The SMILES string of the molecule is CCCOc1ccc(/C=N/NC(=O)Cc2csc(C)n2)c(O)c1. The van der Waals surface area contributed by atoms with Gasteiger partial charge in [0.05, 0.1) is 29.9 Å². The topological polar surface area (TPSA) is 83.8 Å². The number of aryl methyl sites for hydroxylation is 1. The Hall–Kier alpha value is -2.41. The number of aromatic hydroxyl groups is 1. The van der Waals surface area contributed by atoms with Crippen molar-refractivity contribution in [1.29, 1.82) is 0 Å². The van der Waals surface area contributed by atoms with Gasteiger partial charge in [-0.05, 0) is 25.5 Å². The lowest BCUT2D eigenvalue weighted by atomic mass is 10.2. The summed E-state index contributed by atoms with van der Waals surface area (Å²) in [6.07, 6.45) is 2.47. The van der Waals surface area contributed by atoms with E-state index in [9.17, 15) is 9.90 Å². The van der Waals surface area contributed by atoms with Crippen molar-refractivity contribution in [3.63, 3.8) is 0 Å². The normalized spacial score (nSPS) is 10.9. The molecule has 0 bridgehead atoms. The number of ether oxygens (including phenoxy) is 1. The van der Waals surface area contributed by atoms with Gasteiger partial charge in [0.2, 0.25) is 5.91 Å². The van der Waals surface area contributed by atoms with Crippen LogP contribution in [0.15, 0.2) is 28.7 Å². The molecule has 0 unspecified atom stereocenters. The minimum atomic E-state index is -0.256. The number of hydrogen-bond donors (Lipinski definition) is 2. The summed E-state index contributed by atoms with van der Waals surface area (Å²) >= 11 is 1.50. The van der Waals surface area contributed by atoms with E-state index in [1.165, 1.54) is 23.6 Å². The van der Waals surface area contributed by atoms with Gasteiger partial charge in [0, 0.05) is 17.0 Å². The van der Waals surface area contributed by atoms with E-state index in [1.54, 1.807) is 12.1 Å². The van der Waals surface area contributed by atoms with Crippen LogP contribution in [0.25, 0.3) is 0 Å². The number of nitrogens with zero attached hydrogens (tertiary/aromatic N) is 2. The summed E-state index contributed by atoms with van der Waals surface area (Å²) in [6.45, 7) is 4.50. The molecule has 1 heterocycles. The van der Waals surface area contributed by atoms with E-state index < -0.39 is 0 Å². The van der Waals surface area contributed by atoms with Crippen molar-refractivity contribution in [3.05, 3.63) is 39.8 Å². The second-order valence-electron chi connectivity index (χ2n) is 4.90. The van der Waals surface area contributed by atoms with Gasteiger partial charge in [0.1, 0.15) is 11.5 Å². The molecule has 122 valence electrons. The maximum absolute atomic E-state index is 11.7. The van der Waals surface area contributed by atoms with Crippen LogP contribution in [0, 0.1) is 6.92 Å². The number of hydrazone groups is 1. The predicted octanol–water partition coefficient (Wildman–Crippen LogP) is 2.64. The lowest BCUT2D eigenvalue weighted by Crippen LogP contribution is -2.19. The molecule has 0 aliphatic carbocycles. The second kappa shape index (κ2) is 8.28. The van der Waals surface area contributed by atoms with Crippen LogP contribution in [0.1, 0.15) is 29.6 Å². The predicted molar refractivity (Wildman–Crippen MR) is 90.2 cm³/mol. The van der Waals surface area contributed by atoms with Crippen molar-refractivity contribution in [2.45, 2.75) is 26.7 Å². The third kappa shape index (κ3) is 5.37. The molecule has 0 spiro atoms. The van der Waals surface area contributed by atoms with Crippen molar-refractivity contribution in [2.24, 2.45) is 5.10 Å². The highest BCUT2D eigenvalue weighted by atomic mass is 32.1. The largest absolute Gasteiger partial charge is 0.507 e. The Morgan fingerprint density at radius 2 is 2.35 bits per heavy atom. The minimum absolute atomic E-state index is 0.0479. The maximum Gasteiger partial charge on any atom is 0.246 e. The molecular weight excluding hydrogens is 314 g/mol. The second-order valence-corrected chi connectivity index (χ2v) is 5.96. The molecule has 1 amide bonds. The standard InChI is InChI=1S/C16H19N3O3S/c1-3-6-22-14-5-4-12(15(20)8-14)9-17-19-16(21)7-13-10-23-11(2)18-13/h4-5,8-10,20H,3,6-7H2,1-2H3,(H,19,21)/b17-9+. The van der Waals surface area contributed by atoms with Gasteiger partial charge in [0.25, 0.3) is 0 Å². The van der Waals surface area contributed by atoms with Crippen LogP contribution in [-0.4, -0.2) is 28.8 Å². The Morgan fingerprint density at radius 1 is 1.52 bits per heavy atom. The first-order valence-corrected chi connectivity index (χ1v) is 8.15. The number of thiazole rings is 1. The Morgan fingerprint density at radius 3 is 3.00 bits per heavy atom. The monoisotopic (exact) mass is 333 g/mol. The summed E-state index contributed by atoms with van der Waals surface area (Å²) < 4.78 is 5.42. The molecule has 0 saturated heterocycles. The summed E-state index contributed by atoms with van der Waals surface area (Å²) in [5.41, 5.74) is 3.64. The molecule has 0 aliphatic rings. The van der Waals surface area contributed by atoms with Crippen molar-refractivity contribution in [2.75, 3.05) is 6.61 Å². The number of nitrogens with one attached hydrogen (secondary N) is 1. The number of rotatable bonds is 7. The maximum atomic E-state index is 11.7. The van der Waals surface area contributed by atoms with E-state index in [2.05, 4.69) is 15.5 Å². The zero-order valence-electron chi connectivity index (χ0n) is 13.1. The van der Waals surface area contributed by atoms with Gasteiger partial charge >= 0.3 is 0 Å². The highest BCUT2D eigenvalue weighted by molar-refractivity contribution is 7.09. The van der Waals surface area contributed by atoms with E-state index in [0.29, 0.717) is 17.9 Å². The molecule has 6 nitrogen and oxygen atoms in total. The fraction of sp³-hybridized carbons (Fsp3) is 0.312. The zero-order chi connectivity index (χ0) is 16.7. The minimum Gasteiger partial charge on any atom is -0.507 e. The molecule has 2 N–H and O–H groups in total. The number of carbonyl (C=O) groups is 1. The molecule has 2 aromatic rings. The summed E-state index contributed by atoms with van der Waals surface area (Å²) in [5.74, 6) is 0.394. The molecule has 2 rings (SSSR count). The third-order valence-electron chi connectivity index (χ3n) is 2.88. The number of aromatic nitrogens is 1.